The predicted octanol–water partition coefficient (Wildman–Crippen LogP) is 22.3. The minimum atomic E-state index is -4.50. The van der Waals surface area contributed by atoms with Crippen LogP contribution in [0.25, 0.3) is 0 Å². The van der Waals surface area contributed by atoms with E-state index >= 15 is 0 Å². The van der Waals surface area contributed by atoms with E-state index in [0.717, 1.165) is 24.3 Å². The van der Waals surface area contributed by atoms with Gasteiger partial charge in [-0.1, -0.05) is 192 Å². The molecule has 0 aromatic carbocycles. The van der Waals surface area contributed by atoms with Gasteiger partial charge in [0.2, 0.25) is 0 Å². The fourth-order valence-corrected chi connectivity index (χ4v) is 12.9. The van der Waals surface area contributed by atoms with E-state index in [0.29, 0.717) is 25.7 Å². The average molecular weight is 1610 g/mol. The summed E-state index contributed by atoms with van der Waals surface area (Å²) in [5.74, 6) is -6.92. The highest BCUT2D eigenvalue weighted by molar-refractivity contribution is 6.47. The molecule has 1 heterocycles. The molecule has 0 fully saturated rings. The lowest BCUT2D eigenvalue weighted by Crippen LogP contribution is -2.18. The van der Waals surface area contributed by atoms with Crippen LogP contribution in [0.15, 0.2) is 188 Å². The average Bonchev–Trinajstić information content (AvgIpc) is 1.71. The third-order valence-corrected chi connectivity index (χ3v) is 18.6. The van der Waals surface area contributed by atoms with Crippen molar-refractivity contribution in [2.75, 3.05) is 0 Å². The van der Waals surface area contributed by atoms with Crippen molar-refractivity contribution in [3.05, 3.63) is 188 Å². The van der Waals surface area contributed by atoms with Crippen molar-refractivity contribution >= 4 is 93.4 Å². The van der Waals surface area contributed by atoms with Crippen LogP contribution < -0.4 is 0 Å². The summed E-state index contributed by atoms with van der Waals surface area (Å²) in [6.45, 7) is 0. The number of alkyl halides is 12. The Balaban J connectivity index is 1.35. The van der Waals surface area contributed by atoms with Crippen molar-refractivity contribution in [2.24, 2.45) is 23.7 Å². The van der Waals surface area contributed by atoms with Crippen LogP contribution in [0, 0.1) is 23.7 Å². The molecule has 0 spiro atoms. The van der Waals surface area contributed by atoms with Crippen molar-refractivity contribution in [1.29, 1.82) is 0 Å². The third-order valence-electron chi connectivity index (χ3n) is 17.4. The van der Waals surface area contributed by atoms with Crippen LogP contribution in [0.1, 0.15) is 180 Å². The number of hydrogen-bond donors (Lipinski definition) is 0. The first kappa shape index (κ1) is 91.3. The molecule has 5 rings (SSSR count). The van der Waals surface area contributed by atoms with Crippen molar-refractivity contribution in [3.8, 4) is 0 Å². The third kappa shape index (κ3) is 36.5. The van der Waals surface area contributed by atoms with Crippen LogP contribution in [-0.2, 0) is 57.3 Å². The number of cyclic esters (lactones) is 4. The first-order valence-corrected chi connectivity index (χ1v) is 37.3. The first-order valence-electron chi connectivity index (χ1n) is 35.8. The fourth-order valence-electron chi connectivity index (χ4n) is 11.9. The zero-order valence-corrected chi connectivity index (χ0v) is 62.2. The maximum atomic E-state index is 13.3. The Morgan fingerprint density at radius 3 is 0.676 bits per heavy atom. The highest BCUT2D eigenvalue weighted by Gasteiger charge is 2.34. The smallest absolute Gasteiger partial charge is 0.392 e. The number of ether oxygens (including phenoxy) is 4. The van der Waals surface area contributed by atoms with Gasteiger partial charge in [-0.15, -0.1) is 0 Å². The summed E-state index contributed by atoms with van der Waals surface area (Å²) in [4.78, 5) is 106. The molecule has 0 amide bonds. The molecule has 2 unspecified atom stereocenters. The van der Waals surface area contributed by atoms with Crippen LogP contribution in [0.3, 0.4) is 0 Å². The van der Waals surface area contributed by atoms with E-state index in [9.17, 15) is 91.0 Å². The van der Waals surface area contributed by atoms with Crippen molar-refractivity contribution < 1.29 is 110 Å². The molecular formula is C80H88Cl4F12O12. The van der Waals surface area contributed by atoms with Crippen LogP contribution in [0.5, 0.6) is 0 Å². The zero-order chi connectivity index (χ0) is 79.5. The summed E-state index contributed by atoms with van der Waals surface area (Å²) in [5.41, 5.74) is 1.02. The lowest BCUT2D eigenvalue weighted by molar-refractivity contribution is -0.149. The van der Waals surface area contributed by atoms with Gasteiger partial charge < -0.3 is 18.9 Å². The van der Waals surface area contributed by atoms with E-state index in [2.05, 4.69) is 0 Å². The fraction of sp³-hybridized carbons (Fsp3) is 0.500. The molecule has 0 saturated carbocycles. The maximum absolute atomic E-state index is 13.3. The second kappa shape index (κ2) is 46.4. The molecule has 0 radical (unpaired) electrons. The Bertz CT molecular complexity index is 3160. The lowest BCUT2D eigenvalue weighted by atomic mass is 9.95. The Morgan fingerprint density at radius 2 is 0.491 bits per heavy atom. The summed E-state index contributed by atoms with van der Waals surface area (Å²) < 4.78 is 180. The van der Waals surface area contributed by atoms with Gasteiger partial charge in [0, 0.05) is 123 Å². The minimum Gasteiger partial charge on any atom is -0.462 e. The molecule has 12 nitrogen and oxygen atoms in total. The highest BCUT2D eigenvalue weighted by Crippen LogP contribution is 2.38. The van der Waals surface area contributed by atoms with Gasteiger partial charge in [0.15, 0.2) is 23.1 Å². The molecule has 4 aliphatic carbocycles. The second-order valence-corrected chi connectivity index (χ2v) is 28.0. The summed E-state index contributed by atoms with van der Waals surface area (Å²) in [7, 11) is 0. The highest BCUT2D eigenvalue weighted by atomic mass is 35.5. The van der Waals surface area contributed by atoms with Gasteiger partial charge in [-0.2, -0.15) is 52.7 Å². The molecule has 108 heavy (non-hydrogen) atoms. The monoisotopic (exact) mass is 1610 g/mol. The Hall–Kier alpha value is -7.28. The van der Waals surface area contributed by atoms with Gasteiger partial charge in [-0.05, 0) is 77.0 Å². The number of rotatable bonds is 12. The molecule has 8 atom stereocenters. The van der Waals surface area contributed by atoms with Crippen molar-refractivity contribution in [2.45, 2.75) is 229 Å². The molecule has 0 aromatic heterocycles. The number of Topliss-reactive ketones (excluding diaryl/α,β-unsaturated/α-hetero) is 4. The van der Waals surface area contributed by atoms with Crippen LogP contribution in [0.4, 0.5) is 52.7 Å². The number of hydrogen-bond acceptors (Lipinski definition) is 12. The molecule has 0 saturated heterocycles. The molecule has 592 valence electrons. The molecular weight excluding hydrogens is 1520 g/mol. The Kier molecular flexibility index (Phi) is 39.2. The molecule has 0 N–H and O–H groups in total. The quantitative estimate of drug-likeness (QED) is 0.0784. The van der Waals surface area contributed by atoms with Crippen molar-refractivity contribution in [3.63, 3.8) is 0 Å². The van der Waals surface area contributed by atoms with Crippen LogP contribution in [-0.4, -0.2) is 96.1 Å². The topological polar surface area (TPSA) is 173 Å². The maximum Gasteiger partial charge on any atom is 0.392 e. The number of esters is 4. The summed E-state index contributed by atoms with van der Waals surface area (Å²) >= 11 is 25.2. The number of halogens is 16. The summed E-state index contributed by atoms with van der Waals surface area (Å²) in [6.07, 6.45) is 9.87. The van der Waals surface area contributed by atoms with E-state index in [1.54, 1.807) is 48.6 Å². The second-order valence-electron chi connectivity index (χ2n) is 26.3. The Morgan fingerprint density at radius 1 is 0.296 bits per heavy atom. The number of carbonyl (C=O) groups excluding carboxylic acids is 8. The van der Waals surface area contributed by atoms with E-state index in [-0.39, 0.29) is 171 Å². The van der Waals surface area contributed by atoms with E-state index in [1.807, 2.05) is 0 Å². The molecule has 0 bridgehead atoms. The number of allylic oxidation sites excluding steroid dienone is 24. The largest absolute Gasteiger partial charge is 0.462 e. The van der Waals surface area contributed by atoms with Gasteiger partial charge in [0.1, 0.15) is 24.4 Å². The van der Waals surface area contributed by atoms with E-state index in [1.165, 1.54) is 72.9 Å². The number of ketones is 4. The first-order chi connectivity index (χ1) is 51.0. The van der Waals surface area contributed by atoms with Gasteiger partial charge in [-0.3, -0.25) is 38.4 Å². The van der Waals surface area contributed by atoms with Gasteiger partial charge >= 0.3 is 48.6 Å². The summed E-state index contributed by atoms with van der Waals surface area (Å²) in [5, 5.41) is -0.315. The Labute approximate surface area is 640 Å². The molecule has 5 aliphatic rings. The molecule has 0 aromatic rings. The number of fused-ring (bicyclic) bond motifs is 4. The standard InChI is InChI=1S/C80H88Cl4F12O12/c81-65-49-53-25-9-1-5-13-33-69(97)105-57(29-17-21-45-77(85,86)87)38-42-62-54(50-66(82)74(62)102)26-10-3-7-15-35-71(99)107-59(31-19-23-47-79(91,92)93)40-44-64-56(52-68(84)76(64)104)28-12-4-8-16-36-72(100)108-60(32-20-24-48-80(94,95)96)39-43-63-55(51-67(83)75(63)103)27-11-2-6-14-34-70(98)106-58(37-41-61(53)73(65)101)30-18-22-46-78(88,89)90/h1-4,9-12,17-24,41-44,49-60H,5-8,13-16,25-40,45-48H2/b9-1-,10-3-,11-2-,12-4-,21-17-,22-18-,23-19-,24-20-,61-41+,62-42+,63-43+,64-44+/t53-,54?,55?,56-,57+,58-,59-,60+/m0/s1. The lowest BCUT2D eigenvalue weighted by Gasteiger charge is -2.17. The summed E-state index contributed by atoms with van der Waals surface area (Å²) in [6, 6.07) is 0. The molecule has 1 aliphatic heterocycles. The van der Waals surface area contributed by atoms with E-state index < -0.39 is 145 Å². The van der Waals surface area contributed by atoms with Gasteiger partial charge in [0.05, 0.1) is 45.8 Å². The van der Waals surface area contributed by atoms with E-state index in [4.69, 9.17) is 65.4 Å². The number of carbonyl (C=O) groups is 8. The van der Waals surface area contributed by atoms with Crippen LogP contribution >= 0.6 is 46.4 Å². The van der Waals surface area contributed by atoms with Gasteiger partial charge in [0.25, 0.3) is 0 Å². The van der Waals surface area contributed by atoms with Crippen LogP contribution in [0.2, 0.25) is 0 Å². The predicted molar refractivity (Wildman–Crippen MR) is 388 cm³/mol. The zero-order valence-electron chi connectivity index (χ0n) is 59.2. The molecule has 28 heteroatoms. The SMILES string of the molecule is O=C1CCC/C=C\C[C@H]2C=C(Cl)C(=O)/C2=C/C[C@H](C/C=C\CC(F)(F)F)OC(=O)CCC/C=C\CC2C=C(Cl)C(=O)/C2=C/C[C@@H](C/C=C\CC(F)(F)F)OC(=O)CCC/C=C\C[C@H]2C=C(Cl)C(=O)/C2=C/C[C@H](C/C=C\CC(F)(F)F)OC(=O)CCC/C=C\CC2C=C(Cl)C(=O)/C2=C/C[C@@H](C/C=C\CC(F)(F)F)O1. The van der Waals surface area contributed by atoms with Crippen molar-refractivity contribution in [1.82, 2.24) is 0 Å². The minimum absolute atomic E-state index is 0.0727. The normalized spacial score (nSPS) is 28.3. The van der Waals surface area contributed by atoms with Gasteiger partial charge in [-0.25, -0.2) is 0 Å².